The standard InChI is InChI=1S/C31H27ClN2O5S2/c1-21-16-18-23(19-17-21)40(35,36)33-20-28(39-2)29-25-13-7-9-15-27(25)34(41(37,38)22-10-4-3-5-11-22)31(29)30(33)24-12-6-8-14-26(24)32/h3-19,28,30H,20H2,1-2H3. The molecule has 0 bridgehead atoms. The maximum Gasteiger partial charge on any atom is 0.268 e. The number of hydrogen-bond donors (Lipinski definition) is 0. The fourth-order valence-electron chi connectivity index (χ4n) is 5.58. The number of sulfonamides is 1. The second kappa shape index (κ2) is 10.4. The second-order valence-electron chi connectivity index (χ2n) is 9.93. The van der Waals surface area contributed by atoms with E-state index < -0.39 is 32.2 Å². The first-order valence-corrected chi connectivity index (χ1v) is 16.2. The summed E-state index contributed by atoms with van der Waals surface area (Å²) in [6.07, 6.45) is -0.749. The summed E-state index contributed by atoms with van der Waals surface area (Å²) < 4.78 is 66.1. The first kappa shape index (κ1) is 27.7. The van der Waals surface area contributed by atoms with Gasteiger partial charge in [-0.2, -0.15) is 4.31 Å². The van der Waals surface area contributed by atoms with Crippen LogP contribution in [0.2, 0.25) is 5.02 Å². The number of para-hydroxylation sites is 1. The molecular formula is C31H27ClN2O5S2. The van der Waals surface area contributed by atoms with E-state index in [9.17, 15) is 16.8 Å². The highest BCUT2D eigenvalue weighted by Crippen LogP contribution is 2.49. The molecule has 0 saturated heterocycles. The number of benzene rings is 4. The maximum absolute atomic E-state index is 14.4. The van der Waals surface area contributed by atoms with Gasteiger partial charge in [0.2, 0.25) is 10.0 Å². The highest BCUT2D eigenvalue weighted by molar-refractivity contribution is 7.90. The van der Waals surface area contributed by atoms with Crippen LogP contribution in [0, 0.1) is 6.92 Å². The van der Waals surface area contributed by atoms with Crippen LogP contribution in [0.5, 0.6) is 0 Å². The van der Waals surface area contributed by atoms with Gasteiger partial charge in [-0.15, -0.1) is 0 Å². The number of hydrogen-bond acceptors (Lipinski definition) is 5. The Labute approximate surface area is 244 Å². The molecule has 7 nitrogen and oxygen atoms in total. The van der Waals surface area contributed by atoms with Gasteiger partial charge in [-0.25, -0.2) is 20.8 Å². The van der Waals surface area contributed by atoms with E-state index >= 15 is 0 Å². The van der Waals surface area contributed by atoms with Gasteiger partial charge in [0.05, 0.1) is 33.1 Å². The predicted octanol–water partition coefficient (Wildman–Crippen LogP) is 6.32. The summed E-state index contributed by atoms with van der Waals surface area (Å²) >= 11 is 6.75. The summed E-state index contributed by atoms with van der Waals surface area (Å²) in [6.45, 7) is 1.83. The topological polar surface area (TPSA) is 85.7 Å². The minimum absolute atomic E-state index is 0.0466. The monoisotopic (exact) mass is 606 g/mol. The van der Waals surface area contributed by atoms with Crippen molar-refractivity contribution in [2.45, 2.75) is 28.9 Å². The number of aromatic nitrogens is 1. The van der Waals surface area contributed by atoms with Crippen molar-refractivity contribution in [1.29, 1.82) is 0 Å². The molecule has 2 unspecified atom stereocenters. The largest absolute Gasteiger partial charge is 0.375 e. The van der Waals surface area contributed by atoms with Crippen molar-refractivity contribution in [2.75, 3.05) is 13.7 Å². The van der Waals surface area contributed by atoms with Gasteiger partial charge in [0.25, 0.3) is 10.0 Å². The van der Waals surface area contributed by atoms with Gasteiger partial charge >= 0.3 is 0 Å². The molecule has 0 amide bonds. The van der Waals surface area contributed by atoms with Crippen molar-refractivity contribution in [3.63, 3.8) is 0 Å². The zero-order chi connectivity index (χ0) is 28.9. The molecule has 0 aliphatic carbocycles. The van der Waals surface area contributed by atoms with Gasteiger partial charge in [-0.3, -0.25) is 0 Å². The van der Waals surface area contributed by atoms with E-state index in [0.29, 0.717) is 27.1 Å². The number of nitrogens with zero attached hydrogens (tertiary/aromatic N) is 2. The zero-order valence-corrected chi connectivity index (χ0v) is 24.7. The smallest absolute Gasteiger partial charge is 0.268 e. The van der Waals surface area contributed by atoms with Crippen molar-refractivity contribution >= 4 is 42.6 Å². The van der Waals surface area contributed by atoms with Crippen molar-refractivity contribution in [1.82, 2.24) is 8.28 Å². The number of fused-ring (bicyclic) bond motifs is 3. The number of halogens is 1. The van der Waals surface area contributed by atoms with Crippen molar-refractivity contribution < 1.29 is 21.6 Å². The summed E-state index contributed by atoms with van der Waals surface area (Å²) in [4.78, 5) is 0.168. The Kier molecular flexibility index (Phi) is 7.04. The quantitative estimate of drug-likeness (QED) is 0.226. The molecule has 0 spiro atoms. The Morgan fingerprint density at radius 2 is 1.37 bits per heavy atom. The van der Waals surface area contributed by atoms with Crippen LogP contribution < -0.4 is 0 Å². The summed E-state index contributed by atoms with van der Waals surface area (Å²) in [5, 5.41) is 0.982. The molecule has 210 valence electrons. The Morgan fingerprint density at radius 1 is 0.756 bits per heavy atom. The molecule has 1 aliphatic heterocycles. The van der Waals surface area contributed by atoms with Gasteiger partial charge in [0.1, 0.15) is 0 Å². The lowest BCUT2D eigenvalue weighted by Crippen LogP contribution is -2.44. The SMILES string of the molecule is COC1CN(S(=O)(=O)c2ccc(C)cc2)C(c2ccccc2Cl)c2c1c1ccccc1n2S(=O)(=O)c1ccccc1. The van der Waals surface area contributed by atoms with Crippen LogP contribution in [0.4, 0.5) is 0 Å². The molecule has 0 saturated carbocycles. The molecule has 2 heterocycles. The fourth-order valence-corrected chi connectivity index (χ4v) is 8.98. The van der Waals surface area contributed by atoms with E-state index in [1.54, 1.807) is 78.9 Å². The summed E-state index contributed by atoms with van der Waals surface area (Å²) in [7, 11) is -6.85. The lowest BCUT2D eigenvalue weighted by atomic mass is 9.92. The van der Waals surface area contributed by atoms with Gasteiger partial charge in [0.15, 0.2) is 0 Å². The third kappa shape index (κ3) is 4.49. The third-order valence-corrected chi connectivity index (χ3v) is 11.4. The molecule has 2 atom stereocenters. The Bertz CT molecular complexity index is 1970. The Balaban J connectivity index is 1.74. The number of rotatable bonds is 6. The van der Waals surface area contributed by atoms with Crippen LogP contribution in [0.15, 0.2) is 113 Å². The van der Waals surface area contributed by atoms with E-state index in [4.69, 9.17) is 16.3 Å². The number of aryl methyl sites for hydroxylation is 1. The highest BCUT2D eigenvalue weighted by Gasteiger charge is 2.47. The van der Waals surface area contributed by atoms with Crippen LogP contribution in [-0.4, -0.2) is 38.8 Å². The fraction of sp³-hybridized carbons (Fsp3) is 0.161. The molecule has 0 radical (unpaired) electrons. The maximum atomic E-state index is 14.4. The van der Waals surface area contributed by atoms with Crippen LogP contribution in [0.3, 0.4) is 0 Å². The van der Waals surface area contributed by atoms with Gasteiger partial charge in [0, 0.05) is 29.6 Å². The van der Waals surface area contributed by atoms with E-state index in [1.807, 2.05) is 19.1 Å². The summed E-state index contributed by atoms with van der Waals surface area (Å²) in [6, 6.07) is 27.7. The van der Waals surface area contributed by atoms with Gasteiger partial charge < -0.3 is 4.74 Å². The highest BCUT2D eigenvalue weighted by atomic mass is 35.5. The molecule has 0 N–H and O–H groups in total. The van der Waals surface area contributed by atoms with Crippen LogP contribution >= 0.6 is 11.6 Å². The molecule has 41 heavy (non-hydrogen) atoms. The van der Waals surface area contributed by atoms with Crippen LogP contribution in [-0.2, 0) is 24.8 Å². The van der Waals surface area contributed by atoms with Gasteiger partial charge in [-0.05, 0) is 48.9 Å². The molecule has 10 heteroatoms. The van der Waals surface area contributed by atoms with Gasteiger partial charge in [-0.1, -0.05) is 83.9 Å². The average Bonchev–Trinajstić information content (AvgIpc) is 3.33. The molecule has 6 rings (SSSR count). The molecule has 4 aromatic carbocycles. The Hall–Kier alpha value is -3.47. The predicted molar refractivity (Wildman–Crippen MR) is 159 cm³/mol. The Morgan fingerprint density at radius 3 is 2.05 bits per heavy atom. The molecule has 0 fully saturated rings. The number of ether oxygens (including phenoxy) is 1. The van der Waals surface area contributed by atoms with Crippen molar-refractivity contribution in [3.05, 3.63) is 131 Å². The first-order chi connectivity index (χ1) is 19.7. The van der Waals surface area contributed by atoms with Crippen molar-refractivity contribution in [2.24, 2.45) is 0 Å². The summed E-state index contributed by atoms with van der Waals surface area (Å²) in [5.74, 6) is 0. The molecular weight excluding hydrogens is 580 g/mol. The van der Waals surface area contributed by atoms with E-state index in [1.165, 1.54) is 27.5 Å². The van der Waals surface area contributed by atoms with Crippen LogP contribution in [0.1, 0.15) is 34.5 Å². The molecule has 5 aromatic rings. The summed E-state index contributed by atoms with van der Waals surface area (Å²) in [5.41, 5.74) is 2.69. The minimum atomic E-state index is -4.19. The van der Waals surface area contributed by atoms with Crippen molar-refractivity contribution in [3.8, 4) is 0 Å². The van der Waals surface area contributed by atoms with Crippen LogP contribution in [0.25, 0.3) is 10.9 Å². The zero-order valence-electron chi connectivity index (χ0n) is 22.3. The lowest BCUT2D eigenvalue weighted by molar-refractivity contribution is 0.0682. The van der Waals surface area contributed by atoms with E-state index in [2.05, 4.69) is 0 Å². The first-order valence-electron chi connectivity index (χ1n) is 13.0. The lowest BCUT2D eigenvalue weighted by Gasteiger charge is -2.39. The average molecular weight is 607 g/mol. The second-order valence-corrected chi connectivity index (χ2v) is 14.0. The molecule has 1 aromatic heterocycles. The van der Waals surface area contributed by atoms with E-state index in [0.717, 1.165) is 5.56 Å². The number of methoxy groups -OCH3 is 1. The van der Waals surface area contributed by atoms with E-state index in [-0.39, 0.29) is 22.0 Å². The third-order valence-electron chi connectivity index (χ3n) is 7.52. The minimum Gasteiger partial charge on any atom is -0.375 e. The molecule has 1 aliphatic rings. The normalized spacial score (nSPS) is 17.9.